The molecule has 0 aliphatic carbocycles. The third kappa shape index (κ3) is 2.14. The molecule has 0 aliphatic heterocycles. The second-order valence-corrected chi connectivity index (χ2v) is 3.94. The molecule has 0 bridgehead atoms. The molecule has 0 saturated heterocycles. The molecule has 6 heteroatoms. The number of thioether (sulfide) groups is 1. The largest absolute Gasteiger partial charge is 0.708 e. The summed E-state index contributed by atoms with van der Waals surface area (Å²) in [7, 11) is -1.85. The van der Waals surface area contributed by atoms with Crippen molar-refractivity contribution in [2.24, 2.45) is 0 Å². The van der Waals surface area contributed by atoms with Gasteiger partial charge < -0.3 is 14.7 Å². The molecule has 0 aliphatic rings. The Morgan fingerprint density at radius 3 is 2.75 bits per heavy atom. The molecule has 0 spiro atoms. The fraction of sp³-hybridized carbons (Fsp3) is 0.100. The first-order valence-corrected chi connectivity index (χ1v) is 5.89. The van der Waals surface area contributed by atoms with E-state index in [0.29, 0.717) is 0 Å². The van der Waals surface area contributed by atoms with Crippen molar-refractivity contribution in [3.05, 3.63) is 30.5 Å². The predicted molar refractivity (Wildman–Crippen MR) is 64.3 cm³/mol. The summed E-state index contributed by atoms with van der Waals surface area (Å²) in [6.07, 6.45) is 3.53. The summed E-state index contributed by atoms with van der Waals surface area (Å²) in [5, 5.41) is 19.5. The Morgan fingerprint density at radius 2 is 2.06 bits per heavy atom. The number of pyridine rings is 1. The van der Waals surface area contributed by atoms with Crippen LogP contribution in [-0.2, 0) is 0 Å². The van der Waals surface area contributed by atoms with E-state index in [9.17, 15) is 0 Å². The molecule has 0 atom stereocenters. The zero-order valence-corrected chi connectivity index (χ0v) is 9.44. The van der Waals surface area contributed by atoms with Gasteiger partial charge in [-0.1, -0.05) is 24.3 Å². The highest BCUT2D eigenvalue weighted by Crippen LogP contribution is 2.33. The first kappa shape index (κ1) is 11.3. The molecule has 1 heterocycles. The molecule has 2 aromatic rings. The third-order valence-electron chi connectivity index (χ3n) is 2.14. The van der Waals surface area contributed by atoms with Gasteiger partial charge in [0.2, 0.25) is 5.88 Å². The molecular weight excluding hydrogens is 225 g/mol. The van der Waals surface area contributed by atoms with Crippen LogP contribution in [0, 0.1) is 0 Å². The van der Waals surface area contributed by atoms with E-state index in [1.54, 1.807) is 6.20 Å². The van der Waals surface area contributed by atoms with Crippen LogP contribution in [0.3, 0.4) is 0 Å². The lowest BCUT2D eigenvalue weighted by Crippen LogP contribution is -2.21. The summed E-state index contributed by atoms with van der Waals surface area (Å²) < 4.78 is 4.82. The molecule has 1 aromatic carbocycles. The van der Waals surface area contributed by atoms with Crippen LogP contribution in [0.4, 0.5) is 0 Å². The number of hydrogen-bond donors (Lipinski definition) is 2. The van der Waals surface area contributed by atoms with Crippen LogP contribution in [0.5, 0.6) is 5.88 Å². The van der Waals surface area contributed by atoms with E-state index >= 15 is 0 Å². The van der Waals surface area contributed by atoms with E-state index in [1.165, 1.54) is 11.8 Å². The summed E-state index contributed by atoms with van der Waals surface area (Å²) in [4.78, 5) is 4.85. The van der Waals surface area contributed by atoms with Gasteiger partial charge in [0.05, 0.1) is 4.90 Å². The Morgan fingerprint density at radius 1 is 1.31 bits per heavy atom. The van der Waals surface area contributed by atoms with Crippen LogP contribution in [0.15, 0.2) is 35.4 Å². The molecule has 0 saturated carbocycles. The Labute approximate surface area is 97.5 Å². The highest BCUT2D eigenvalue weighted by atomic mass is 32.2. The lowest BCUT2D eigenvalue weighted by Gasteiger charge is -2.10. The van der Waals surface area contributed by atoms with Crippen LogP contribution in [0.1, 0.15) is 0 Å². The molecule has 0 radical (unpaired) electrons. The average molecular weight is 235 g/mol. The average Bonchev–Trinajstić information content (AvgIpc) is 2.28. The van der Waals surface area contributed by atoms with Gasteiger partial charge in [-0.25, -0.2) is 4.98 Å². The number of hydrogen-bond acceptors (Lipinski definition) is 5. The first-order chi connectivity index (χ1) is 7.72. The van der Waals surface area contributed by atoms with Crippen molar-refractivity contribution in [2.45, 2.75) is 4.90 Å². The predicted octanol–water partition coefficient (Wildman–Crippen LogP) is 1.30. The van der Waals surface area contributed by atoms with Crippen molar-refractivity contribution in [3.8, 4) is 5.88 Å². The highest BCUT2D eigenvalue weighted by molar-refractivity contribution is 7.99. The molecule has 0 amide bonds. The van der Waals surface area contributed by atoms with E-state index in [2.05, 4.69) is 4.98 Å². The van der Waals surface area contributed by atoms with Crippen molar-refractivity contribution in [1.29, 1.82) is 0 Å². The minimum absolute atomic E-state index is 0.237. The number of benzene rings is 1. The highest BCUT2D eigenvalue weighted by Gasteiger charge is 2.16. The SMILES string of the molecule is CSc1c(OB(O)O)ncc2ccccc12. The van der Waals surface area contributed by atoms with Crippen LogP contribution in [0.2, 0.25) is 0 Å². The summed E-state index contributed by atoms with van der Waals surface area (Å²) in [5.41, 5.74) is 0. The lowest BCUT2D eigenvalue weighted by molar-refractivity contribution is 0.280. The number of fused-ring (bicyclic) bond motifs is 1. The monoisotopic (exact) mass is 235 g/mol. The Hall–Kier alpha value is -1.24. The standard InChI is InChI=1S/C10H10BNO3S/c1-16-9-8-5-3-2-4-7(8)6-12-10(9)15-11(13)14/h2-6,13-14H,1H3. The Balaban J connectivity index is 2.58. The zero-order valence-electron chi connectivity index (χ0n) is 8.62. The minimum Gasteiger partial charge on any atom is -0.497 e. The van der Waals surface area contributed by atoms with Gasteiger partial charge in [-0.2, -0.15) is 0 Å². The molecule has 4 nitrogen and oxygen atoms in total. The van der Waals surface area contributed by atoms with E-state index in [0.717, 1.165) is 15.7 Å². The van der Waals surface area contributed by atoms with E-state index in [-0.39, 0.29) is 5.88 Å². The molecule has 82 valence electrons. The normalized spacial score (nSPS) is 10.4. The Bertz CT molecular complexity index is 506. The van der Waals surface area contributed by atoms with Gasteiger partial charge in [0, 0.05) is 17.0 Å². The number of nitrogens with zero attached hydrogens (tertiary/aromatic N) is 1. The zero-order chi connectivity index (χ0) is 11.5. The molecule has 16 heavy (non-hydrogen) atoms. The summed E-state index contributed by atoms with van der Waals surface area (Å²) in [6, 6.07) is 7.73. The Kier molecular flexibility index (Phi) is 3.33. The fourth-order valence-electron chi connectivity index (χ4n) is 1.50. The fourth-order valence-corrected chi connectivity index (χ4v) is 2.18. The number of rotatable bonds is 3. The topological polar surface area (TPSA) is 62.6 Å². The maximum atomic E-state index is 8.78. The van der Waals surface area contributed by atoms with Crippen molar-refractivity contribution in [1.82, 2.24) is 4.98 Å². The molecule has 2 N–H and O–H groups in total. The van der Waals surface area contributed by atoms with Gasteiger partial charge in [0.25, 0.3) is 0 Å². The summed E-state index contributed by atoms with van der Waals surface area (Å²) >= 11 is 1.46. The molecule has 1 aromatic heterocycles. The third-order valence-corrected chi connectivity index (χ3v) is 2.94. The van der Waals surface area contributed by atoms with Crippen molar-refractivity contribution in [2.75, 3.05) is 6.26 Å². The van der Waals surface area contributed by atoms with Crippen LogP contribution in [-0.4, -0.2) is 28.6 Å². The second-order valence-electron chi connectivity index (χ2n) is 3.13. The van der Waals surface area contributed by atoms with Gasteiger partial charge in [-0.05, 0) is 6.26 Å². The lowest BCUT2D eigenvalue weighted by atomic mass is 10.2. The van der Waals surface area contributed by atoms with E-state index in [1.807, 2.05) is 30.5 Å². The van der Waals surface area contributed by atoms with Crippen LogP contribution in [0.25, 0.3) is 10.8 Å². The maximum Gasteiger partial charge on any atom is 0.708 e. The molecule has 0 unspecified atom stereocenters. The second kappa shape index (κ2) is 4.73. The van der Waals surface area contributed by atoms with Crippen molar-refractivity contribution < 1.29 is 14.7 Å². The first-order valence-electron chi connectivity index (χ1n) is 4.67. The quantitative estimate of drug-likeness (QED) is 0.620. The summed E-state index contributed by atoms with van der Waals surface area (Å²) in [5.74, 6) is 0.237. The smallest absolute Gasteiger partial charge is 0.497 e. The van der Waals surface area contributed by atoms with Crippen molar-refractivity contribution >= 4 is 29.9 Å². The van der Waals surface area contributed by atoms with Gasteiger partial charge in [0.15, 0.2) is 0 Å². The summed E-state index contributed by atoms with van der Waals surface area (Å²) in [6.45, 7) is 0. The van der Waals surface area contributed by atoms with Crippen molar-refractivity contribution in [3.63, 3.8) is 0 Å². The van der Waals surface area contributed by atoms with Crippen LogP contribution < -0.4 is 4.65 Å². The van der Waals surface area contributed by atoms with Gasteiger partial charge in [0.1, 0.15) is 0 Å². The molecular formula is C10H10BNO3S. The van der Waals surface area contributed by atoms with E-state index in [4.69, 9.17) is 14.7 Å². The maximum absolute atomic E-state index is 8.78. The van der Waals surface area contributed by atoms with Crippen LogP contribution >= 0.6 is 11.8 Å². The minimum atomic E-state index is -1.85. The van der Waals surface area contributed by atoms with E-state index < -0.39 is 7.32 Å². The number of aromatic nitrogens is 1. The van der Waals surface area contributed by atoms with Gasteiger partial charge in [-0.15, -0.1) is 11.8 Å². The van der Waals surface area contributed by atoms with Gasteiger partial charge in [-0.3, -0.25) is 0 Å². The van der Waals surface area contributed by atoms with Gasteiger partial charge >= 0.3 is 7.32 Å². The molecule has 2 rings (SSSR count). The molecule has 0 fully saturated rings.